The molecule has 2 heterocycles. The summed E-state index contributed by atoms with van der Waals surface area (Å²) in [4.78, 5) is 1.17. The number of thiophene rings is 2. The predicted octanol–water partition coefficient (Wildman–Crippen LogP) is 4.38. The summed E-state index contributed by atoms with van der Waals surface area (Å²) in [5, 5.41) is 4.14. The molecule has 2 N–H and O–H groups in total. The van der Waals surface area contributed by atoms with Crippen LogP contribution in [0.2, 0.25) is 0 Å². The fraction of sp³-hybridized carbons (Fsp3) is 0.111. The summed E-state index contributed by atoms with van der Waals surface area (Å²) < 4.78 is 2.17. The van der Waals surface area contributed by atoms with Crippen LogP contribution in [0.1, 0.15) is 16.5 Å². The highest BCUT2D eigenvalue weighted by Crippen LogP contribution is 2.36. The summed E-state index contributed by atoms with van der Waals surface area (Å²) in [6.45, 7) is 0. The largest absolute Gasteiger partial charge is 0.320 e. The Morgan fingerprint density at radius 2 is 2.14 bits per heavy atom. The van der Waals surface area contributed by atoms with Gasteiger partial charge < -0.3 is 5.73 Å². The highest BCUT2D eigenvalue weighted by Gasteiger charge is 2.13. The van der Waals surface area contributed by atoms with Gasteiger partial charge in [0.25, 0.3) is 0 Å². The van der Waals surface area contributed by atoms with Crippen LogP contribution >= 0.6 is 54.5 Å². The quantitative estimate of drug-likeness (QED) is 0.852. The molecule has 0 spiro atoms. The van der Waals surface area contributed by atoms with Gasteiger partial charge in [-0.2, -0.15) is 11.3 Å². The van der Waals surface area contributed by atoms with E-state index in [2.05, 4.69) is 49.4 Å². The summed E-state index contributed by atoms with van der Waals surface area (Å²) in [6.07, 6.45) is 0. The Balaban J connectivity index is 2.32. The zero-order chi connectivity index (χ0) is 10.1. The topological polar surface area (TPSA) is 26.0 Å². The van der Waals surface area contributed by atoms with Gasteiger partial charge in [-0.15, -0.1) is 11.3 Å². The van der Waals surface area contributed by atoms with E-state index in [1.54, 1.807) is 22.7 Å². The second-order valence-corrected chi connectivity index (χ2v) is 6.84. The minimum absolute atomic E-state index is 0.00569. The van der Waals surface area contributed by atoms with Crippen LogP contribution < -0.4 is 5.73 Å². The molecule has 74 valence electrons. The maximum absolute atomic E-state index is 6.12. The van der Waals surface area contributed by atoms with Crippen molar-refractivity contribution in [1.29, 1.82) is 0 Å². The van der Waals surface area contributed by atoms with E-state index < -0.39 is 0 Å². The van der Waals surface area contributed by atoms with Crippen LogP contribution in [0.4, 0.5) is 0 Å². The van der Waals surface area contributed by atoms with Crippen LogP contribution in [0, 0.1) is 0 Å². The van der Waals surface area contributed by atoms with E-state index in [0.29, 0.717) is 0 Å². The minimum atomic E-state index is -0.00569. The number of hydrogen-bond donors (Lipinski definition) is 1. The molecular weight excluding hydrogens is 346 g/mol. The Morgan fingerprint density at radius 3 is 2.64 bits per heavy atom. The number of nitrogens with two attached hydrogens (primary N) is 1. The van der Waals surface area contributed by atoms with E-state index >= 15 is 0 Å². The summed E-state index contributed by atoms with van der Waals surface area (Å²) in [7, 11) is 0. The van der Waals surface area contributed by atoms with E-state index in [9.17, 15) is 0 Å². The average molecular weight is 353 g/mol. The van der Waals surface area contributed by atoms with Crippen molar-refractivity contribution in [3.63, 3.8) is 0 Å². The van der Waals surface area contributed by atoms with Crippen LogP contribution in [0.5, 0.6) is 0 Å². The Kier molecular flexibility index (Phi) is 3.44. The maximum atomic E-state index is 6.12. The molecule has 2 aromatic rings. The Morgan fingerprint density at radius 1 is 1.36 bits per heavy atom. The van der Waals surface area contributed by atoms with Crippen molar-refractivity contribution in [2.45, 2.75) is 6.04 Å². The molecule has 0 radical (unpaired) electrons. The van der Waals surface area contributed by atoms with E-state index in [-0.39, 0.29) is 6.04 Å². The van der Waals surface area contributed by atoms with E-state index in [1.807, 2.05) is 5.38 Å². The molecule has 5 heteroatoms. The van der Waals surface area contributed by atoms with Crippen LogP contribution in [0.15, 0.2) is 31.2 Å². The maximum Gasteiger partial charge on any atom is 0.0843 e. The van der Waals surface area contributed by atoms with Gasteiger partial charge in [0, 0.05) is 9.35 Å². The first-order valence-electron chi connectivity index (χ1n) is 3.91. The molecule has 0 bridgehead atoms. The molecule has 0 saturated heterocycles. The van der Waals surface area contributed by atoms with Crippen LogP contribution in [-0.2, 0) is 0 Å². The van der Waals surface area contributed by atoms with Crippen LogP contribution in [0.3, 0.4) is 0 Å². The molecule has 0 aliphatic heterocycles. The van der Waals surface area contributed by atoms with Gasteiger partial charge in [-0.25, -0.2) is 0 Å². The molecule has 1 nitrogen and oxygen atoms in total. The first kappa shape index (κ1) is 10.8. The van der Waals surface area contributed by atoms with Gasteiger partial charge in [-0.3, -0.25) is 0 Å². The number of hydrogen-bond acceptors (Lipinski definition) is 3. The van der Waals surface area contributed by atoms with Gasteiger partial charge in [-0.05, 0) is 60.3 Å². The van der Waals surface area contributed by atoms with Gasteiger partial charge >= 0.3 is 0 Å². The Bertz CT molecular complexity index is 402. The van der Waals surface area contributed by atoms with Gasteiger partial charge in [0.05, 0.1) is 9.83 Å². The molecule has 2 aromatic heterocycles. The molecule has 1 atom stereocenters. The minimum Gasteiger partial charge on any atom is -0.320 e. The highest BCUT2D eigenvalue weighted by molar-refractivity contribution is 9.13. The smallest absolute Gasteiger partial charge is 0.0843 e. The first-order chi connectivity index (χ1) is 6.68. The van der Waals surface area contributed by atoms with Gasteiger partial charge in [0.15, 0.2) is 0 Å². The summed E-state index contributed by atoms with van der Waals surface area (Å²) in [5.41, 5.74) is 7.30. The molecule has 1 unspecified atom stereocenters. The van der Waals surface area contributed by atoms with E-state index in [1.165, 1.54) is 10.4 Å². The second-order valence-electron chi connectivity index (χ2n) is 2.80. The Labute approximate surface area is 107 Å². The normalized spacial score (nSPS) is 13.1. The van der Waals surface area contributed by atoms with Crippen molar-refractivity contribution < 1.29 is 0 Å². The lowest BCUT2D eigenvalue weighted by Crippen LogP contribution is -2.08. The molecular formula is C9H7Br2NS2. The molecule has 0 fully saturated rings. The SMILES string of the molecule is NC(c1ccsc1)c1cc(Br)c(Br)s1. The number of rotatable bonds is 2. The molecule has 0 aromatic carbocycles. The second kappa shape index (κ2) is 4.45. The predicted molar refractivity (Wildman–Crippen MR) is 70.1 cm³/mol. The zero-order valence-electron chi connectivity index (χ0n) is 7.04. The molecule has 2 rings (SSSR count). The Hall–Kier alpha value is 0.320. The van der Waals surface area contributed by atoms with Crippen LogP contribution in [0.25, 0.3) is 0 Å². The third kappa shape index (κ3) is 2.12. The summed E-state index contributed by atoms with van der Waals surface area (Å²) in [6, 6.07) is 4.13. The third-order valence-corrected chi connectivity index (χ3v) is 5.91. The lowest BCUT2D eigenvalue weighted by atomic mass is 10.1. The summed E-state index contributed by atoms with van der Waals surface area (Å²) in [5.74, 6) is 0. The average Bonchev–Trinajstić information content (AvgIpc) is 2.76. The van der Waals surface area contributed by atoms with Crippen molar-refractivity contribution in [2.24, 2.45) is 5.73 Å². The molecule has 0 amide bonds. The molecule has 0 aliphatic rings. The monoisotopic (exact) mass is 351 g/mol. The van der Waals surface area contributed by atoms with Crippen LogP contribution in [-0.4, -0.2) is 0 Å². The molecule has 0 saturated carbocycles. The first-order valence-corrected chi connectivity index (χ1v) is 7.25. The highest BCUT2D eigenvalue weighted by atomic mass is 79.9. The van der Waals surface area contributed by atoms with Crippen molar-refractivity contribution in [3.05, 3.63) is 41.6 Å². The fourth-order valence-electron chi connectivity index (χ4n) is 1.13. The van der Waals surface area contributed by atoms with Crippen molar-refractivity contribution in [2.75, 3.05) is 0 Å². The lowest BCUT2D eigenvalue weighted by Gasteiger charge is -2.05. The van der Waals surface area contributed by atoms with Gasteiger partial charge in [0.2, 0.25) is 0 Å². The summed E-state index contributed by atoms with van der Waals surface area (Å²) >= 11 is 10.3. The van der Waals surface area contributed by atoms with Crippen molar-refractivity contribution in [3.8, 4) is 0 Å². The van der Waals surface area contributed by atoms with E-state index in [4.69, 9.17) is 5.73 Å². The standard InChI is InChI=1S/C9H7Br2NS2/c10-6-3-7(14-9(6)11)8(12)5-1-2-13-4-5/h1-4,8H,12H2. The van der Waals surface area contributed by atoms with Gasteiger partial charge in [0.1, 0.15) is 0 Å². The molecule has 14 heavy (non-hydrogen) atoms. The van der Waals surface area contributed by atoms with Gasteiger partial charge in [-0.1, -0.05) is 0 Å². The molecule has 0 aliphatic carbocycles. The third-order valence-electron chi connectivity index (χ3n) is 1.87. The lowest BCUT2D eigenvalue weighted by molar-refractivity contribution is 0.899. The van der Waals surface area contributed by atoms with E-state index in [0.717, 1.165) is 8.26 Å². The van der Waals surface area contributed by atoms with Crippen molar-refractivity contribution >= 4 is 54.5 Å². The fourth-order valence-corrected chi connectivity index (χ4v) is 3.95. The number of halogens is 2. The van der Waals surface area contributed by atoms with Crippen molar-refractivity contribution in [1.82, 2.24) is 0 Å². The zero-order valence-corrected chi connectivity index (χ0v) is 11.8.